The molecule has 0 amide bonds. The first-order chi connectivity index (χ1) is 5.06. The van der Waals surface area contributed by atoms with Crippen molar-refractivity contribution >= 4 is 0 Å². The maximum Gasteiger partial charge on any atom is 0.161 e. The van der Waals surface area contributed by atoms with Gasteiger partial charge in [0.05, 0.1) is 17.9 Å². The Morgan fingerprint density at radius 3 is 2.73 bits per heavy atom. The molecule has 0 atom stereocenters. The lowest BCUT2D eigenvalue weighted by molar-refractivity contribution is 0.328. The van der Waals surface area contributed by atoms with E-state index in [9.17, 15) is 4.39 Å². The van der Waals surface area contributed by atoms with Gasteiger partial charge in [-0.15, -0.1) is 0 Å². The molecule has 1 rings (SSSR count). The van der Waals surface area contributed by atoms with Crippen LogP contribution in [0, 0.1) is 5.82 Å². The van der Waals surface area contributed by atoms with Crippen LogP contribution in [0.5, 0.6) is 0 Å². The summed E-state index contributed by atoms with van der Waals surface area (Å²) in [5.41, 5.74) is 5.16. The van der Waals surface area contributed by atoms with Gasteiger partial charge in [0.15, 0.2) is 5.82 Å². The minimum absolute atomic E-state index is 0.301. The van der Waals surface area contributed by atoms with Crippen molar-refractivity contribution in [2.45, 2.75) is 19.4 Å². The van der Waals surface area contributed by atoms with Crippen LogP contribution < -0.4 is 5.73 Å². The highest BCUT2D eigenvalue weighted by atomic mass is 19.1. The Morgan fingerprint density at radius 2 is 2.36 bits per heavy atom. The van der Waals surface area contributed by atoms with Gasteiger partial charge in [0.2, 0.25) is 0 Å². The summed E-state index contributed by atoms with van der Waals surface area (Å²) >= 11 is 0. The van der Waals surface area contributed by atoms with Crippen LogP contribution in [-0.2, 0) is 5.54 Å². The molecule has 0 unspecified atom stereocenters. The highest BCUT2D eigenvalue weighted by Crippen LogP contribution is 2.11. The zero-order chi connectivity index (χ0) is 8.48. The number of nitrogens with zero attached hydrogens (tertiary/aromatic N) is 2. The molecule has 11 heavy (non-hydrogen) atoms. The van der Waals surface area contributed by atoms with Crippen LogP contribution in [0.1, 0.15) is 13.8 Å². The number of hydrogen-bond acceptors (Lipinski definition) is 2. The van der Waals surface area contributed by atoms with Crippen LogP contribution in [0.4, 0.5) is 4.39 Å². The third-order valence-corrected chi connectivity index (χ3v) is 1.67. The van der Waals surface area contributed by atoms with Crippen LogP contribution in [0.2, 0.25) is 0 Å². The molecule has 0 aliphatic carbocycles. The van der Waals surface area contributed by atoms with E-state index >= 15 is 0 Å². The molecule has 1 heterocycles. The van der Waals surface area contributed by atoms with Crippen molar-refractivity contribution in [2.75, 3.05) is 6.54 Å². The minimum atomic E-state index is -0.327. The molecule has 0 aliphatic heterocycles. The standard InChI is InChI=1S/C7H12FN3/c1-7(2,5-9)11-4-6(8)3-10-11/h3-4H,5,9H2,1-2H3. The van der Waals surface area contributed by atoms with Gasteiger partial charge in [0, 0.05) is 6.54 Å². The lowest BCUT2D eigenvalue weighted by Crippen LogP contribution is -2.35. The summed E-state index contributed by atoms with van der Waals surface area (Å²) < 4.78 is 14.0. The first kappa shape index (κ1) is 8.20. The van der Waals surface area contributed by atoms with Crippen LogP contribution in [0.3, 0.4) is 0 Å². The zero-order valence-electron chi connectivity index (χ0n) is 6.71. The van der Waals surface area contributed by atoms with E-state index in [2.05, 4.69) is 5.10 Å². The molecule has 4 heteroatoms. The minimum Gasteiger partial charge on any atom is -0.328 e. The summed E-state index contributed by atoms with van der Waals surface area (Å²) in [6.45, 7) is 4.24. The molecule has 0 saturated heterocycles. The third kappa shape index (κ3) is 1.57. The first-order valence-corrected chi connectivity index (χ1v) is 3.47. The Bertz CT molecular complexity index is 242. The van der Waals surface area contributed by atoms with E-state index in [-0.39, 0.29) is 11.4 Å². The Kier molecular flexibility index (Phi) is 1.95. The van der Waals surface area contributed by atoms with E-state index < -0.39 is 0 Å². The Morgan fingerprint density at radius 1 is 1.73 bits per heavy atom. The number of rotatable bonds is 2. The smallest absolute Gasteiger partial charge is 0.161 e. The molecule has 1 aromatic heterocycles. The molecule has 0 spiro atoms. The van der Waals surface area contributed by atoms with E-state index in [4.69, 9.17) is 5.73 Å². The van der Waals surface area contributed by atoms with Gasteiger partial charge in [-0.25, -0.2) is 4.39 Å². The number of halogens is 1. The van der Waals surface area contributed by atoms with Crippen molar-refractivity contribution < 1.29 is 4.39 Å². The molecule has 0 fully saturated rings. The molecular weight excluding hydrogens is 145 g/mol. The van der Waals surface area contributed by atoms with Gasteiger partial charge in [0.1, 0.15) is 0 Å². The molecule has 3 nitrogen and oxygen atoms in total. The lowest BCUT2D eigenvalue weighted by Gasteiger charge is -2.22. The van der Waals surface area contributed by atoms with Gasteiger partial charge in [-0.05, 0) is 13.8 Å². The summed E-state index contributed by atoms with van der Waals surface area (Å²) in [5.74, 6) is -0.327. The van der Waals surface area contributed by atoms with Gasteiger partial charge in [0.25, 0.3) is 0 Å². The summed E-state index contributed by atoms with van der Waals surface area (Å²) in [6.07, 6.45) is 2.52. The first-order valence-electron chi connectivity index (χ1n) is 3.47. The summed E-state index contributed by atoms with van der Waals surface area (Å²) in [7, 11) is 0. The fourth-order valence-electron chi connectivity index (χ4n) is 0.725. The Balaban J connectivity index is 2.92. The number of hydrogen-bond donors (Lipinski definition) is 1. The second-order valence-electron chi connectivity index (χ2n) is 3.12. The maximum atomic E-state index is 12.5. The van der Waals surface area contributed by atoms with E-state index in [1.54, 1.807) is 0 Å². The van der Waals surface area contributed by atoms with Gasteiger partial charge >= 0.3 is 0 Å². The van der Waals surface area contributed by atoms with Crippen molar-refractivity contribution in [3.63, 3.8) is 0 Å². The molecule has 0 radical (unpaired) electrons. The quantitative estimate of drug-likeness (QED) is 0.687. The number of aromatic nitrogens is 2. The van der Waals surface area contributed by atoms with Gasteiger partial charge in [-0.2, -0.15) is 5.10 Å². The normalized spacial score (nSPS) is 12.0. The topological polar surface area (TPSA) is 43.8 Å². The molecule has 2 N–H and O–H groups in total. The highest BCUT2D eigenvalue weighted by molar-refractivity contribution is 4.89. The predicted molar refractivity (Wildman–Crippen MR) is 40.6 cm³/mol. The summed E-state index contributed by atoms with van der Waals surface area (Å²) in [6, 6.07) is 0. The van der Waals surface area contributed by atoms with E-state index in [0.717, 1.165) is 0 Å². The number of nitrogens with two attached hydrogens (primary N) is 1. The molecule has 0 bridgehead atoms. The van der Waals surface area contributed by atoms with E-state index in [1.165, 1.54) is 17.1 Å². The van der Waals surface area contributed by atoms with Crippen LogP contribution in [0.15, 0.2) is 12.4 Å². The van der Waals surface area contributed by atoms with Gasteiger partial charge in [-0.1, -0.05) is 0 Å². The fourth-order valence-corrected chi connectivity index (χ4v) is 0.725. The molecule has 0 aliphatic rings. The van der Waals surface area contributed by atoms with Crippen LogP contribution in [0.25, 0.3) is 0 Å². The average Bonchev–Trinajstić information content (AvgIpc) is 2.36. The Labute approximate surface area is 65.0 Å². The Hall–Kier alpha value is -0.900. The van der Waals surface area contributed by atoms with Crippen molar-refractivity contribution in [3.8, 4) is 0 Å². The fraction of sp³-hybridized carbons (Fsp3) is 0.571. The third-order valence-electron chi connectivity index (χ3n) is 1.67. The van der Waals surface area contributed by atoms with Crippen molar-refractivity contribution in [1.82, 2.24) is 9.78 Å². The predicted octanol–water partition coefficient (Wildman–Crippen LogP) is 0.716. The van der Waals surface area contributed by atoms with Gasteiger partial charge < -0.3 is 5.73 Å². The largest absolute Gasteiger partial charge is 0.328 e. The molecule has 0 aromatic carbocycles. The zero-order valence-corrected chi connectivity index (χ0v) is 6.71. The van der Waals surface area contributed by atoms with Crippen molar-refractivity contribution in [3.05, 3.63) is 18.2 Å². The average molecular weight is 157 g/mol. The van der Waals surface area contributed by atoms with Crippen LogP contribution >= 0.6 is 0 Å². The maximum absolute atomic E-state index is 12.5. The highest BCUT2D eigenvalue weighted by Gasteiger charge is 2.18. The van der Waals surface area contributed by atoms with Crippen LogP contribution in [-0.4, -0.2) is 16.3 Å². The monoisotopic (exact) mass is 157 g/mol. The molecule has 0 saturated carbocycles. The molecular formula is C7H12FN3. The summed E-state index contributed by atoms with van der Waals surface area (Å²) in [4.78, 5) is 0. The van der Waals surface area contributed by atoms with E-state index in [1.807, 2.05) is 13.8 Å². The van der Waals surface area contributed by atoms with Gasteiger partial charge in [-0.3, -0.25) is 4.68 Å². The van der Waals surface area contributed by atoms with E-state index in [0.29, 0.717) is 6.54 Å². The SMILES string of the molecule is CC(C)(CN)n1cc(F)cn1. The lowest BCUT2D eigenvalue weighted by atomic mass is 10.1. The molecule has 1 aromatic rings. The second-order valence-corrected chi connectivity index (χ2v) is 3.12. The summed E-state index contributed by atoms with van der Waals surface area (Å²) in [5, 5.41) is 3.82. The van der Waals surface area contributed by atoms with Crippen molar-refractivity contribution in [2.24, 2.45) is 5.73 Å². The second kappa shape index (κ2) is 2.62. The molecule has 62 valence electrons. The van der Waals surface area contributed by atoms with Crippen molar-refractivity contribution in [1.29, 1.82) is 0 Å².